The maximum Gasteiger partial charge on any atom is 0.0472 e. The first-order valence-electron chi connectivity index (χ1n) is 3.09. The molecular weight excluding hydrogens is 239 g/mol. The summed E-state index contributed by atoms with van der Waals surface area (Å²) in [6.45, 7) is 0. The van der Waals surface area contributed by atoms with Crippen molar-refractivity contribution in [3.63, 3.8) is 0 Å². The molecule has 0 heterocycles. The first-order valence-corrected chi connectivity index (χ1v) is 5.50. The van der Waals surface area contributed by atoms with Crippen molar-refractivity contribution in [3.8, 4) is 0 Å². The predicted molar refractivity (Wildman–Crippen MR) is 51.2 cm³/mol. The zero-order valence-corrected chi connectivity index (χ0v) is 8.04. The Hall–Kier alpha value is -0.0900. The van der Waals surface area contributed by atoms with Crippen molar-refractivity contribution < 1.29 is 3.07 Å². The van der Waals surface area contributed by atoms with Crippen molar-refractivity contribution in [3.05, 3.63) is 35.9 Å². The SMILES string of the molecule is CO[I]Cc1ccccc1. The Morgan fingerprint density at radius 2 is 2.00 bits per heavy atom. The van der Waals surface area contributed by atoms with Crippen LogP contribution in [0.5, 0.6) is 0 Å². The Kier molecular flexibility index (Phi) is 3.75. The predicted octanol–water partition coefficient (Wildman–Crippen LogP) is 2.72. The molecule has 1 aromatic carbocycles. The number of rotatable bonds is 3. The Bertz CT molecular complexity index is 174. The second kappa shape index (κ2) is 4.68. The molecule has 1 rings (SSSR count). The van der Waals surface area contributed by atoms with Crippen molar-refractivity contribution in [2.24, 2.45) is 0 Å². The van der Waals surface area contributed by atoms with Crippen molar-refractivity contribution in [2.75, 3.05) is 7.11 Å². The lowest BCUT2D eigenvalue weighted by molar-refractivity contribution is 0.553. The number of alkyl halides is 1. The molecule has 0 unspecified atom stereocenters. The first kappa shape index (κ1) is 8.01. The summed E-state index contributed by atoms with van der Waals surface area (Å²) < 4.78 is 6.18. The van der Waals surface area contributed by atoms with Gasteiger partial charge in [-0.05, 0) is 5.56 Å². The van der Waals surface area contributed by atoms with Gasteiger partial charge in [0.05, 0.1) is 0 Å². The molecule has 0 spiro atoms. The standard InChI is InChI=1S/C8H10IO/c1-10-9-7-8-5-3-2-4-6-8/h2-6H,7H2,1H3. The quantitative estimate of drug-likeness (QED) is 0.591. The molecule has 0 saturated carbocycles. The fraction of sp³-hybridized carbons (Fsp3) is 0.250. The van der Waals surface area contributed by atoms with Crippen molar-refractivity contribution in [1.82, 2.24) is 0 Å². The summed E-state index contributed by atoms with van der Waals surface area (Å²) in [5.74, 6) is 0. The van der Waals surface area contributed by atoms with Crippen LogP contribution in [0.15, 0.2) is 30.3 Å². The average molecular weight is 249 g/mol. The fourth-order valence-corrected chi connectivity index (χ4v) is 1.86. The van der Waals surface area contributed by atoms with Crippen molar-refractivity contribution in [2.45, 2.75) is 4.43 Å². The van der Waals surface area contributed by atoms with E-state index >= 15 is 0 Å². The normalized spacial score (nSPS) is 9.70. The molecule has 0 amide bonds. The minimum atomic E-state index is -0.0507. The van der Waals surface area contributed by atoms with Gasteiger partial charge < -0.3 is 3.07 Å². The number of hydrogen-bond donors (Lipinski definition) is 0. The lowest BCUT2D eigenvalue weighted by Crippen LogP contribution is -1.75. The molecule has 0 aliphatic rings. The van der Waals surface area contributed by atoms with Crippen LogP contribution in [-0.4, -0.2) is 7.11 Å². The van der Waals surface area contributed by atoms with Crippen LogP contribution in [0.1, 0.15) is 5.56 Å². The first-order chi connectivity index (χ1) is 4.93. The molecule has 0 aromatic heterocycles. The van der Waals surface area contributed by atoms with E-state index in [0.717, 1.165) is 4.43 Å². The lowest BCUT2D eigenvalue weighted by Gasteiger charge is -1.96. The summed E-state index contributed by atoms with van der Waals surface area (Å²) in [6.07, 6.45) is 0. The monoisotopic (exact) mass is 249 g/mol. The van der Waals surface area contributed by atoms with Gasteiger partial charge in [-0.3, -0.25) is 0 Å². The van der Waals surface area contributed by atoms with Crippen LogP contribution in [0.4, 0.5) is 0 Å². The summed E-state index contributed by atoms with van der Waals surface area (Å²) in [4.78, 5) is 0. The average Bonchev–Trinajstić information content (AvgIpc) is 2.03. The number of benzene rings is 1. The van der Waals surface area contributed by atoms with Crippen molar-refractivity contribution >= 4 is 21.6 Å². The van der Waals surface area contributed by atoms with Gasteiger partial charge in [0, 0.05) is 33.2 Å². The largest absolute Gasteiger partial charge is 0.329 e. The molecule has 0 bridgehead atoms. The molecule has 55 valence electrons. The van der Waals surface area contributed by atoms with Gasteiger partial charge in [0.15, 0.2) is 0 Å². The Labute approximate surface area is 72.2 Å². The van der Waals surface area contributed by atoms with E-state index in [1.807, 2.05) is 6.07 Å². The van der Waals surface area contributed by atoms with Gasteiger partial charge in [-0.15, -0.1) is 0 Å². The van der Waals surface area contributed by atoms with E-state index in [4.69, 9.17) is 3.07 Å². The van der Waals surface area contributed by atoms with Crippen LogP contribution in [0.25, 0.3) is 0 Å². The van der Waals surface area contributed by atoms with E-state index in [9.17, 15) is 0 Å². The Morgan fingerprint density at radius 1 is 1.30 bits per heavy atom. The molecule has 1 aromatic rings. The fourth-order valence-electron chi connectivity index (χ4n) is 0.685. The van der Waals surface area contributed by atoms with E-state index in [1.165, 1.54) is 5.56 Å². The van der Waals surface area contributed by atoms with E-state index in [2.05, 4.69) is 24.3 Å². The molecule has 1 nitrogen and oxygen atoms in total. The highest BCUT2D eigenvalue weighted by atomic mass is 127. The van der Waals surface area contributed by atoms with E-state index in [-0.39, 0.29) is 21.6 Å². The molecule has 0 fully saturated rings. The molecule has 0 saturated heterocycles. The van der Waals surface area contributed by atoms with Gasteiger partial charge in [0.25, 0.3) is 0 Å². The molecule has 10 heavy (non-hydrogen) atoms. The van der Waals surface area contributed by atoms with Gasteiger partial charge >= 0.3 is 0 Å². The minimum Gasteiger partial charge on any atom is -0.329 e. The molecule has 0 aliphatic carbocycles. The van der Waals surface area contributed by atoms with Crippen LogP contribution >= 0.6 is 21.6 Å². The maximum absolute atomic E-state index is 5.06. The van der Waals surface area contributed by atoms with Crippen LogP contribution in [-0.2, 0) is 7.49 Å². The van der Waals surface area contributed by atoms with Gasteiger partial charge in [-0.1, -0.05) is 30.3 Å². The second-order valence-electron chi connectivity index (χ2n) is 1.88. The summed E-state index contributed by atoms with van der Waals surface area (Å²) in [6, 6.07) is 10.4. The number of halogens is 1. The molecule has 0 N–H and O–H groups in total. The van der Waals surface area contributed by atoms with Gasteiger partial charge in [0.1, 0.15) is 0 Å². The summed E-state index contributed by atoms with van der Waals surface area (Å²) in [7, 11) is 1.77. The molecule has 0 aliphatic heterocycles. The third-order valence-electron chi connectivity index (χ3n) is 1.16. The van der Waals surface area contributed by atoms with E-state index in [1.54, 1.807) is 7.11 Å². The molecular formula is C8H10IO. The van der Waals surface area contributed by atoms with Crippen LogP contribution < -0.4 is 0 Å². The molecule has 2 heteroatoms. The van der Waals surface area contributed by atoms with Gasteiger partial charge in [0.2, 0.25) is 0 Å². The second-order valence-corrected chi connectivity index (χ2v) is 4.15. The maximum atomic E-state index is 5.06. The highest BCUT2D eigenvalue weighted by molar-refractivity contribution is 14.2. The summed E-state index contributed by atoms with van der Waals surface area (Å²) in [5.41, 5.74) is 1.39. The third kappa shape index (κ3) is 2.66. The highest BCUT2D eigenvalue weighted by Gasteiger charge is 1.88. The van der Waals surface area contributed by atoms with Crippen molar-refractivity contribution in [1.29, 1.82) is 0 Å². The summed E-state index contributed by atoms with van der Waals surface area (Å²) in [5, 5.41) is 0. The van der Waals surface area contributed by atoms with Crippen LogP contribution in [0.3, 0.4) is 0 Å². The Balaban J connectivity index is 2.43. The van der Waals surface area contributed by atoms with Crippen LogP contribution in [0.2, 0.25) is 0 Å². The zero-order valence-electron chi connectivity index (χ0n) is 5.88. The van der Waals surface area contributed by atoms with E-state index < -0.39 is 0 Å². The zero-order chi connectivity index (χ0) is 7.23. The topological polar surface area (TPSA) is 9.23 Å². The third-order valence-corrected chi connectivity index (χ3v) is 2.98. The molecule has 0 atom stereocenters. The minimum absolute atomic E-state index is 0.0507. The Morgan fingerprint density at radius 3 is 2.60 bits per heavy atom. The summed E-state index contributed by atoms with van der Waals surface area (Å²) >= 11 is -0.0507. The molecule has 1 radical (unpaired) electrons. The smallest absolute Gasteiger partial charge is 0.0472 e. The van der Waals surface area contributed by atoms with Gasteiger partial charge in [-0.25, -0.2) is 0 Å². The highest BCUT2D eigenvalue weighted by Crippen LogP contribution is 2.18. The van der Waals surface area contributed by atoms with Crippen LogP contribution in [0, 0.1) is 0 Å². The van der Waals surface area contributed by atoms with Gasteiger partial charge in [-0.2, -0.15) is 0 Å². The lowest BCUT2D eigenvalue weighted by atomic mass is 10.2. The number of hydrogen-bond acceptors (Lipinski definition) is 1. The van der Waals surface area contributed by atoms with E-state index in [0.29, 0.717) is 0 Å².